The van der Waals surface area contributed by atoms with E-state index in [1.54, 1.807) is 31.9 Å². The van der Waals surface area contributed by atoms with Crippen LogP contribution in [0, 0.1) is 0 Å². The Balaban J connectivity index is 1.56. The van der Waals surface area contributed by atoms with Gasteiger partial charge in [0.1, 0.15) is 17.0 Å². The van der Waals surface area contributed by atoms with E-state index in [0.29, 0.717) is 0 Å². The summed E-state index contributed by atoms with van der Waals surface area (Å²) in [7, 11) is 3.37. The Bertz CT molecular complexity index is 1020. The average molecular weight is 382 g/mol. The molecule has 2 aliphatic heterocycles. The van der Waals surface area contributed by atoms with E-state index in [1.165, 1.54) is 27.0 Å². The Hall–Kier alpha value is -2.38. The van der Waals surface area contributed by atoms with Gasteiger partial charge in [0, 0.05) is 24.5 Å². The maximum atomic E-state index is 5.50. The normalized spacial score (nSPS) is 16.1. The molecule has 0 atom stereocenters. The van der Waals surface area contributed by atoms with Gasteiger partial charge in [-0.25, -0.2) is 9.97 Å². The molecule has 0 bridgehead atoms. The summed E-state index contributed by atoms with van der Waals surface area (Å²) < 4.78 is 11.0. The first-order valence-electron chi connectivity index (χ1n) is 9.23. The lowest BCUT2D eigenvalue weighted by Gasteiger charge is -2.31. The van der Waals surface area contributed by atoms with Gasteiger partial charge in [-0.1, -0.05) is 0 Å². The van der Waals surface area contributed by atoms with Gasteiger partial charge in [-0.05, 0) is 48.2 Å². The zero-order chi connectivity index (χ0) is 18.4. The second kappa shape index (κ2) is 6.65. The Kier molecular flexibility index (Phi) is 4.13. The average Bonchev–Trinajstić information content (AvgIpc) is 3.11. The molecule has 1 N–H and O–H groups in total. The van der Waals surface area contributed by atoms with Crippen LogP contribution in [0.5, 0.6) is 11.5 Å². The molecule has 0 radical (unpaired) electrons. The zero-order valence-corrected chi connectivity index (χ0v) is 16.4. The van der Waals surface area contributed by atoms with Crippen molar-refractivity contribution in [3.05, 3.63) is 40.0 Å². The highest BCUT2D eigenvalue weighted by molar-refractivity contribution is 7.19. The molecule has 0 amide bonds. The molecule has 0 spiro atoms. The van der Waals surface area contributed by atoms with Crippen LogP contribution in [0.2, 0.25) is 0 Å². The monoisotopic (exact) mass is 382 g/mol. The number of aromatic nitrogens is 2. The van der Waals surface area contributed by atoms with E-state index in [9.17, 15) is 0 Å². The molecule has 6 nitrogen and oxygen atoms in total. The number of anilines is 1. The first-order valence-corrected chi connectivity index (χ1v) is 10.0. The molecule has 0 fully saturated rings. The smallest absolute Gasteiger partial charge is 0.161 e. The van der Waals surface area contributed by atoms with Crippen molar-refractivity contribution >= 4 is 27.4 Å². The topological polar surface area (TPSA) is 59.5 Å². The molecule has 7 heteroatoms. The van der Waals surface area contributed by atoms with Gasteiger partial charge in [-0.3, -0.25) is 0 Å². The minimum Gasteiger partial charge on any atom is -0.493 e. The molecule has 0 unspecified atom stereocenters. The van der Waals surface area contributed by atoms with Gasteiger partial charge in [0.15, 0.2) is 11.5 Å². The molecular weight excluding hydrogens is 360 g/mol. The fraction of sp³-hybridized carbons (Fsp3) is 0.400. The highest BCUT2D eigenvalue weighted by Crippen LogP contribution is 2.39. The molecule has 0 saturated heterocycles. The number of thiophene rings is 1. The van der Waals surface area contributed by atoms with Gasteiger partial charge < -0.3 is 19.7 Å². The number of methoxy groups -OCH3 is 2. The number of ether oxygens (including phenoxy) is 2. The Labute approximate surface area is 162 Å². The number of rotatable bonds is 3. The van der Waals surface area contributed by atoms with Crippen LogP contribution in [0.4, 0.5) is 5.82 Å². The third-order valence-corrected chi connectivity index (χ3v) is 6.65. The van der Waals surface area contributed by atoms with E-state index < -0.39 is 0 Å². The lowest BCUT2D eigenvalue weighted by atomic mass is 9.98. The van der Waals surface area contributed by atoms with Crippen molar-refractivity contribution in [2.24, 2.45) is 0 Å². The van der Waals surface area contributed by atoms with Gasteiger partial charge in [-0.15, -0.1) is 11.3 Å². The number of fused-ring (bicyclic) bond motifs is 4. The first-order chi connectivity index (χ1) is 13.3. The minimum atomic E-state index is 0.782. The minimum absolute atomic E-state index is 0.782. The molecule has 3 aromatic rings. The van der Waals surface area contributed by atoms with Crippen LogP contribution < -0.4 is 19.7 Å². The Morgan fingerprint density at radius 1 is 1.07 bits per heavy atom. The lowest BCUT2D eigenvalue weighted by molar-refractivity contribution is 0.353. The van der Waals surface area contributed by atoms with Crippen LogP contribution in [-0.4, -0.2) is 37.3 Å². The van der Waals surface area contributed by atoms with Crippen molar-refractivity contribution in [3.8, 4) is 11.5 Å². The van der Waals surface area contributed by atoms with Crippen LogP contribution in [0.25, 0.3) is 10.2 Å². The second-order valence-corrected chi connectivity index (χ2v) is 8.04. The van der Waals surface area contributed by atoms with Crippen molar-refractivity contribution in [2.45, 2.75) is 25.9 Å². The third-order valence-electron chi connectivity index (χ3n) is 5.51. The van der Waals surface area contributed by atoms with Gasteiger partial charge >= 0.3 is 0 Å². The van der Waals surface area contributed by atoms with E-state index in [4.69, 9.17) is 14.5 Å². The number of hydrogen-bond donors (Lipinski definition) is 1. The summed E-state index contributed by atoms with van der Waals surface area (Å²) in [4.78, 5) is 14.1. The highest BCUT2D eigenvalue weighted by Gasteiger charge is 2.25. The fourth-order valence-electron chi connectivity index (χ4n) is 4.15. The van der Waals surface area contributed by atoms with Crippen molar-refractivity contribution in [2.75, 3.05) is 32.2 Å². The van der Waals surface area contributed by atoms with Crippen molar-refractivity contribution in [3.63, 3.8) is 0 Å². The molecule has 0 aliphatic carbocycles. The van der Waals surface area contributed by atoms with Gasteiger partial charge in [0.05, 0.1) is 19.6 Å². The Morgan fingerprint density at radius 2 is 1.89 bits per heavy atom. The van der Waals surface area contributed by atoms with Gasteiger partial charge in [-0.2, -0.15) is 0 Å². The number of hydrogen-bond acceptors (Lipinski definition) is 7. The maximum Gasteiger partial charge on any atom is 0.161 e. The second-order valence-electron chi connectivity index (χ2n) is 6.96. The van der Waals surface area contributed by atoms with E-state index >= 15 is 0 Å². The largest absolute Gasteiger partial charge is 0.493 e. The van der Waals surface area contributed by atoms with E-state index in [-0.39, 0.29) is 0 Å². The van der Waals surface area contributed by atoms with Gasteiger partial charge in [0.25, 0.3) is 0 Å². The third kappa shape index (κ3) is 2.73. The molecule has 2 aliphatic rings. The summed E-state index contributed by atoms with van der Waals surface area (Å²) in [5.41, 5.74) is 4.03. The zero-order valence-electron chi connectivity index (χ0n) is 15.5. The predicted octanol–water partition coefficient (Wildman–Crippen LogP) is 2.92. The van der Waals surface area contributed by atoms with Crippen molar-refractivity contribution in [1.82, 2.24) is 15.3 Å². The molecule has 27 heavy (non-hydrogen) atoms. The van der Waals surface area contributed by atoms with E-state index in [2.05, 4.69) is 27.3 Å². The molecule has 0 saturated carbocycles. The van der Waals surface area contributed by atoms with Crippen LogP contribution in [-0.2, 0) is 25.9 Å². The molecule has 5 rings (SSSR count). The first kappa shape index (κ1) is 16.8. The summed E-state index contributed by atoms with van der Waals surface area (Å²) in [5, 5.41) is 4.71. The van der Waals surface area contributed by atoms with E-state index in [0.717, 1.165) is 61.2 Å². The highest BCUT2D eigenvalue weighted by atomic mass is 32.1. The number of nitrogens with zero attached hydrogens (tertiary/aromatic N) is 3. The number of nitrogens with one attached hydrogen (secondary N) is 1. The van der Waals surface area contributed by atoms with Crippen molar-refractivity contribution in [1.29, 1.82) is 0 Å². The van der Waals surface area contributed by atoms with Crippen LogP contribution in [0.1, 0.15) is 21.6 Å². The molecule has 4 heterocycles. The fourth-order valence-corrected chi connectivity index (χ4v) is 5.30. The van der Waals surface area contributed by atoms with Crippen LogP contribution >= 0.6 is 11.3 Å². The predicted molar refractivity (Wildman–Crippen MR) is 107 cm³/mol. The Morgan fingerprint density at radius 3 is 2.70 bits per heavy atom. The molecular formula is C20H22N4O2S. The summed E-state index contributed by atoms with van der Waals surface area (Å²) in [6.07, 6.45) is 3.72. The molecule has 2 aromatic heterocycles. The SMILES string of the molecule is COc1cc2c(cc1OC)CN(c1ncnc3sc4c(c13)CCNC4)CC2. The molecule has 1 aromatic carbocycles. The maximum absolute atomic E-state index is 5.50. The van der Waals surface area contributed by atoms with E-state index in [1.807, 2.05) is 0 Å². The summed E-state index contributed by atoms with van der Waals surface area (Å²) >= 11 is 1.80. The summed E-state index contributed by atoms with van der Waals surface area (Å²) in [6.45, 7) is 3.73. The van der Waals surface area contributed by atoms with Crippen molar-refractivity contribution < 1.29 is 9.47 Å². The summed E-state index contributed by atoms with van der Waals surface area (Å²) in [6, 6.07) is 4.21. The lowest BCUT2D eigenvalue weighted by Crippen LogP contribution is -2.31. The van der Waals surface area contributed by atoms with Crippen LogP contribution in [0.3, 0.4) is 0 Å². The molecule has 140 valence electrons. The standard InChI is InChI=1S/C20H22N4O2S/c1-25-15-7-12-4-6-24(10-13(12)8-16(15)26-2)19-18-14-3-5-21-9-17(14)27-20(18)23-11-22-19/h7-8,11,21H,3-6,9-10H2,1-2H3. The van der Waals surface area contributed by atoms with Gasteiger partial charge in [0.2, 0.25) is 0 Å². The number of benzene rings is 1. The van der Waals surface area contributed by atoms with Crippen LogP contribution in [0.15, 0.2) is 18.5 Å². The quantitative estimate of drug-likeness (QED) is 0.752. The summed E-state index contributed by atoms with van der Waals surface area (Å²) in [5.74, 6) is 2.65.